The van der Waals surface area contributed by atoms with E-state index in [0.29, 0.717) is 12.8 Å². The van der Waals surface area contributed by atoms with Crippen molar-refractivity contribution in [2.45, 2.75) is 33.6 Å². The van der Waals surface area contributed by atoms with Gasteiger partial charge in [0.15, 0.2) is 0 Å². The molecule has 1 N–H and O–H groups in total. The number of aliphatic hydroxyl groups is 1. The quantitative estimate of drug-likeness (QED) is 0.646. The summed E-state index contributed by atoms with van der Waals surface area (Å²) in [6.07, 6.45) is 5.22. The Hall–Kier alpha value is 0.240. The zero-order chi connectivity index (χ0) is 14.2. The Morgan fingerprint density at radius 3 is 2.44 bits per heavy atom. The summed E-state index contributed by atoms with van der Waals surface area (Å²) in [5.41, 5.74) is -0.532. The summed E-state index contributed by atoms with van der Waals surface area (Å²) in [6, 6.07) is 2.41. The van der Waals surface area contributed by atoms with Gasteiger partial charge in [-0.3, -0.25) is 0 Å². The summed E-state index contributed by atoms with van der Waals surface area (Å²) in [7, 11) is 0. The van der Waals surface area contributed by atoms with Gasteiger partial charge in [0.2, 0.25) is 0 Å². The van der Waals surface area contributed by atoms with Gasteiger partial charge in [-0.2, -0.15) is 5.26 Å². The van der Waals surface area contributed by atoms with Crippen molar-refractivity contribution in [3.05, 3.63) is 19.8 Å². The van der Waals surface area contributed by atoms with Crippen LogP contribution in [0.25, 0.3) is 0 Å². The van der Waals surface area contributed by atoms with E-state index in [1.165, 1.54) is 11.8 Å². The molecule has 0 bridgehead atoms. The van der Waals surface area contributed by atoms with E-state index in [2.05, 4.69) is 37.9 Å². The van der Waals surface area contributed by atoms with Crippen molar-refractivity contribution in [1.29, 1.82) is 5.26 Å². The Morgan fingerprint density at radius 2 is 2.06 bits per heavy atom. The third-order valence-electron chi connectivity index (χ3n) is 2.78. The monoisotopic (exact) mass is 395 g/mol. The summed E-state index contributed by atoms with van der Waals surface area (Å²) in [4.78, 5) is 0. The molecule has 0 radical (unpaired) electrons. The molecule has 0 aliphatic carbocycles. The maximum absolute atomic E-state index is 9.48. The molecule has 102 valence electrons. The Balaban J connectivity index is 5.09. The van der Waals surface area contributed by atoms with Crippen molar-refractivity contribution in [3.63, 3.8) is 0 Å². The Labute approximate surface area is 131 Å². The highest BCUT2D eigenvalue weighted by Crippen LogP contribution is 2.41. The summed E-state index contributed by atoms with van der Waals surface area (Å²) in [5, 5.41) is 18.4. The smallest absolute Gasteiger partial charge is 0.0796 e. The number of rotatable bonds is 7. The van der Waals surface area contributed by atoms with Crippen molar-refractivity contribution < 1.29 is 5.11 Å². The van der Waals surface area contributed by atoms with Gasteiger partial charge in [-0.1, -0.05) is 31.7 Å². The van der Waals surface area contributed by atoms with E-state index in [1.54, 1.807) is 0 Å². The van der Waals surface area contributed by atoms with Crippen LogP contribution in [-0.2, 0) is 0 Å². The van der Waals surface area contributed by atoms with Crippen LogP contribution in [0.3, 0.4) is 0 Å². The standard InChI is InChI=1S/C13H19Br2NOS/c1-4-11(14)18-12(15)8-13(9-16,10(2)3)6-5-7-17/h4,8,10,17H,5-7H2,1-3H3/b11-4-,12-8+. The molecule has 2 nitrogen and oxygen atoms in total. The summed E-state index contributed by atoms with van der Waals surface area (Å²) in [6.45, 7) is 6.13. The molecule has 0 aliphatic heterocycles. The fraction of sp³-hybridized carbons (Fsp3) is 0.615. The molecule has 0 heterocycles. The molecule has 0 saturated carbocycles. The van der Waals surface area contributed by atoms with Gasteiger partial charge >= 0.3 is 0 Å². The molecule has 5 heteroatoms. The lowest BCUT2D eigenvalue weighted by molar-refractivity contribution is 0.245. The molecule has 1 atom stereocenters. The maximum Gasteiger partial charge on any atom is 0.0796 e. The lowest BCUT2D eigenvalue weighted by atomic mass is 9.75. The average Bonchev–Trinajstić information content (AvgIpc) is 2.33. The highest BCUT2D eigenvalue weighted by Gasteiger charge is 2.31. The number of hydrogen-bond acceptors (Lipinski definition) is 3. The molecule has 0 aromatic heterocycles. The van der Waals surface area contributed by atoms with Crippen LogP contribution in [-0.4, -0.2) is 11.7 Å². The second-order valence-corrected chi connectivity index (χ2v) is 8.12. The SMILES string of the molecule is C/C=C(/Br)S/C(Br)=C/C(C#N)(CCCO)C(C)C. The topological polar surface area (TPSA) is 44.0 Å². The fourth-order valence-electron chi connectivity index (χ4n) is 1.50. The van der Waals surface area contributed by atoms with Gasteiger partial charge in [-0.15, -0.1) is 0 Å². The van der Waals surface area contributed by atoms with Gasteiger partial charge in [-0.25, -0.2) is 0 Å². The van der Waals surface area contributed by atoms with E-state index in [4.69, 9.17) is 5.11 Å². The van der Waals surface area contributed by atoms with Crippen LogP contribution in [0.1, 0.15) is 33.6 Å². The van der Waals surface area contributed by atoms with E-state index in [0.717, 1.165) is 7.63 Å². The second kappa shape index (κ2) is 9.19. The summed E-state index contributed by atoms with van der Waals surface area (Å²) < 4.78 is 1.92. The minimum absolute atomic E-state index is 0.118. The van der Waals surface area contributed by atoms with Crippen molar-refractivity contribution in [2.75, 3.05) is 6.61 Å². The highest BCUT2D eigenvalue weighted by molar-refractivity contribution is 9.16. The number of nitriles is 1. The zero-order valence-corrected chi connectivity index (χ0v) is 14.9. The van der Waals surface area contributed by atoms with E-state index in [1.807, 2.05) is 32.9 Å². The van der Waals surface area contributed by atoms with Crippen molar-refractivity contribution in [1.82, 2.24) is 0 Å². The highest BCUT2D eigenvalue weighted by atomic mass is 79.9. The van der Waals surface area contributed by atoms with Crippen LogP contribution in [0.4, 0.5) is 0 Å². The molecule has 18 heavy (non-hydrogen) atoms. The first-order valence-corrected chi connectivity index (χ1v) is 8.22. The van der Waals surface area contributed by atoms with E-state index >= 15 is 0 Å². The molecule has 0 aliphatic rings. The molecule has 0 saturated heterocycles. The van der Waals surface area contributed by atoms with Crippen LogP contribution in [0, 0.1) is 22.7 Å². The number of nitrogens with zero attached hydrogens (tertiary/aromatic N) is 1. The van der Waals surface area contributed by atoms with Crippen LogP contribution in [0.15, 0.2) is 19.8 Å². The van der Waals surface area contributed by atoms with Crippen LogP contribution < -0.4 is 0 Å². The molecule has 1 unspecified atom stereocenters. The number of hydrogen-bond donors (Lipinski definition) is 1. The number of halogens is 2. The molecule has 0 aromatic rings. The molecular weight excluding hydrogens is 378 g/mol. The van der Waals surface area contributed by atoms with Gasteiger partial charge in [-0.05, 0) is 63.6 Å². The van der Waals surface area contributed by atoms with Crippen molar-refractivity contribution in [2.24, 2.45) is 11.3 Å². The first kappa shape index (κ1) is 18.2. The molecule has 0 rings (SSSR count). The summed E-state index contributed by atoms with van der Waals surface area (Å²) >= 11 is 8.46. The van der Waals surface area contributed by atoms with Gasteiger partial charge in [0, 0.05) is 6.61 Å². The molecule has 0 fully saturated rings. The normalized spacial score (nSPS) is 16.6. The molecule has 0 amide bonds. The van der Waals surface area contributed by atoms with E-state index in [9.17, 15) is 5.26 Å². The lowest BCUT2D eigenvalue weighted by Gasteiger charge is -2.27. The maximum atomic E-state index is 9.48. The average molecular weight is 397 g/mol. The van der Waals surface area contributed by atoms with Crippen molar-refractivity contribution >= 4 is 43.6 Å². The number of aliphatic hydroxyl groups excluding tert-OH is 1. The minimum atomic E-state index is -0.532. The predicted molar refractivity (Wildman–Crippen MR) is 86.5 cm³/mol. The Morgan fingerprint density at radius 1 is 1.44 bits per heavy atom. The third-order valence-corrected chi connectivity index (χ3v) is 5.18. The van der Waals surface area contributed by atoms with Crippen LogP contribution in [0.2, 0.25) is 0 Å². The van der Waals surface area contributed by atoms with E-state index < -0.39 is 5.41 Å². The molecule has 0 aromatic carbocycles. The Kier molecular flexibility index (Phi) is 9.32. The third kappa shape index (κ3) is 5.92. The molecule has 0 spiro atoms. The van der Waals surface area contributed by atoms with Crippen LogP contribution >= 0.6 is 43.6 Å². The largest absolute Gasteiger partial charge is 0.396 e. The first-order valence-electron chi connectivity index (χ1n) is 5.82. The Bertz CT molecular complexity index is 360. The second-order valence-electron chi connectivity index (χ2n) is 4.28. The lowest BCUT2D eigenvalue weighted by Crippen LogP contribution is -2.23. The van der Waals surface area contributed by atoms with Gasteiger partial charge in [0.05, 0.1) is 19.1 Å². The van der Waals surface area contributed by atoms with E-state index in [-0.39, 0.29) is 12.5 Å². The summed E-state index contributed by atoms with van der Waals surface area (Å²) in [5.74, 6) is 0.201. The zero-order valence-electron chi connectivity index (χ0n) is 10.9. The van der Waals surface area contributed by atoms with Crippen molar-refractivity contribution in [3.8, 4) is 6.07 Å². The van der Waals surface area contributed by atoms with Gasteiger partial charge < -0.3 is 5.11 Å². The number of thioether (sulfide) groups is 1. The fourth-order valence-corrected chi connectivity index (χ4v) is 4.18. The van der Waals surface area contributed by atoms with Gasteiger partial charge in [0.1, 0.15) is 0 Å². The predicted octanol–water partition coefficient (Wildman–Crippen LogP) is 5.15. The molecular formula is C13H19Br2NOS. The minimum Gasteiger partial charge on any atom is -0.396 e. The van der Waals surface area contributed by atoms with Gasteiger partial charge in [0.25, 0.3) is 0 Å². The first-order chi connectivity index (χ1) is 8.41. The van der Waals surface area contributed by atoms with Crippen LogP contribution in [0.5, 0.6) is 0 Å². The number of allylic oxidation sites excluding steroid dienone is 2.